The maximum atomic E-state index is 5.09. The van der Waals surface area contributed by atoms with Crippen LogP contribution in [0.2, 0.25) is 0 Å². The van der Waals surface area contributed by atoms with Crippen LogP contribution in [-0.2, 0) is 6.54 Å². The number of rotatable bonds is 5. The molecule has 142 valence electrons. The van der Waals surface area contributed by atoms with E-state index in [1.54, 1.807) is 0 Å². The second-order valence-corrected chi connectivity index (χ2v) is 7.04. The van der Waals surface area contributed by atoms with Crippen molar-refractivity contribution in [3.63, 3.8) is 0 Å². The fraction of sp³-hybridized carbons (Fsp3) is 0.0741. The first-order valence-corrected chi connectivity index (χ1v) is 9.87. The molecule has 4 aromatic carbocycles. The molecule has 0 atom stereocenters. The minimum absolute atomic E-state index is 0.741. The molecule has 0 heterocycles. The van der Waals surface area contributed by atoms with Gasteiger partial charge in [0.15, 0.2) is 0 Å². The van der Waals surface area contributed by atoms with Crippen LogP contribution in [0.15, 0.2) is 120 Å². The van der Waals surface area contributed by atoms with Crippen molar-refractivity contribution in [2.75, 3.05) is 4.90 Å². The van der Waals surface area contributed by atoms with Crippen molar-refractivity contribution >= 4 is 17.2 Å². The number of para-hydroxylation sites is 1. The highest BCUT2D eigenvalue weighted by atomic mass is 15.2. The van der Waals surface area contributed by atoms with Gasteiger partial charge in [-0.2, -0.15) is 0 Å². The van der Waals surface area contributed by atoms with E-state index in [0.29, 0.717) is 0 Å². The Morgan fingerprint density at radius 2 is 1.21 bits per heavy atom. The lowest BCUT2D eigenvalue weighted by molar-refractivity contribution is 1.00. The van der Waals surface area contributed by atoms with E-state index in [9.17, 15) is 0 Å². The van der Waals surface area contributed by atoms with E-state index in [0.717, 1.165) is 29.3 Å². The van der Waals surface area contributed by atoms with Crippen molar-refractivity contribution in [1.82, 2.24) is 0 Å². The zero-order chi connectivity index (χ0) is 19.9. The number of hydrogen-bond acceptors (Lipinski definition) is 1. The molecule has 4 rings (SSSR count). The van der Waals surface area contributed by atoms with Crippen molar-refractivity contribution in [2.45, 2.75) is 13.5 Å². The zero-order valence-electron chi connectivity index (χ0n) is 16.6. The molecule has 0 bridgehead atoms. The molecular weight excluding hydrogens is 352 g/mol. The number of nitrogens with zero attached hydrogens (tertiary/aromatic N) is 2. The molecule has 0 aromatic heterocycles. The lowest BCUT2D eigenvalue weighted by atomic mass is 10.1. The average Bonchev–Trinajstić information content (AvgIpc) is 2.79. The topological polar surface area (TPSA) is 15.6 Å². The molecule has 0 radical (unpaired) electrons. The monoisotopic (exact) mass is 376 g/mol. The third-order valence-corrected chi connectivity index (χ3v) is 4.81. The summed E-state index contributed by atoms with van der Waals surface area (Å²) < 4.78 is 0. The van der Waals surface area contributed by atoms with Gasteiger partial charge >= 0.3 is 0 Å². The standard InChI is InChI=1S/C27H24N2/c1-22-17-19-25(20-18-22)28-27(24-13-7-3-8-14-24)29(26-15-9-4-10-16-26)21-23-11-5-2-6-12-23/h2-20H,21H2,1H3. The highest BCUT2D eigenvalue weighted by Crippen LogP contribution is 2.24. The molecule has 2 heteroatoms. The van der Waals surface area contributed by atoms with Gasteiger partial charge in [-0.05, 0) is 36.8 Å². The maximum absolute atomic E-state index is 5.09. The quantitative estimate of drug-likeness (QED) is 0.277. The van der Waals surface area contributed by atoms with E-state index in [1.807, 2.05) is 12.1 Å². The smallest absolute Gasteiger partial charge is 0.141 e. The number of hydrogen-bond donors (Lipinski definition) is 0. The fourth-order valence-corrected chi connectivity index (χ4v) is 3.27. The van der Waals surface area contributed by atoms with Crippen LogP contribution in [0.3, 0.4) is 0 Å². The minimum Gasteiger partial charge on any atom is -0.321 e. The lowest BCUT2D eigenvalue weighted by Gasteiger charge is -2.27. The van der Waals surface area contributed by atoms with Crippen LogP contribution in [0.1, 0.15) is 16.7 Å². The van der Waals surface area contributed by atoms with Crippen molar-refractivity contribution in [3.05, 3.63) is 132 Å². The number of aryl methyl sites for hydroxylation is 1. The second-order valence-electron chi connectivity index (χ2n) is 7.04. The van der Waals surface area contributed by atoms with Crippen molar-refractivity contribution in [2.24, 2.45) is 4.99 Å². The summed E-state index contributed by atoms with van der Waals surface area (Å²) in [6, 6.07) is 39.7. The van der Waals surface area contributed by atoms with Gasteiger partial charge in [-0.25, -0.2) is 4.99 Å². The molecular formula is C27H24N2. The van der Waals surface area contributed by atoms with Crippen LogP contribution in [0.4, 0.5) is 11.4 Å². The molecule has 0 saturated heterocycles. The van der Waals surface area contributed by atoms with E-state index >= 15 is 0 Å². The first kappa shape index (κ1) is 18.7. The Morgan fingerprint density at radius 3 is 1.83 bits per heavy atom. The van der Waals surface area contributed by atoms with E-state index in [1.165, 1.54) is 11.1 Å². The Bertz CT molecular complexity index is 1050. The Balaban J connectivity index is 1.84. The molecule has 0 amide bonds. The van der Waals surface area contributed by atoms with Crippen LogP contribution < -0.4 is 4.90 Å². The molecule has 29 heavy (non-hydrogen) atoms. The SMILES string of the molecule is Cc1ccc(N=C(c2ccccc2)N(Cc2ccccc2)c2ccccc2)cc1. The van der Waals surface area contributed by atoms with Crippen LogP contribution in [0.5, 0.6) is 0 Å². The summed E-state index contributed by atoms with van der Waals surface area (Å²) in [6.45, 7) is 2.84. The van der Waals surface area contributed by atoms with Gasteiger partial charge in [-0.1, -0.05) is 96.6 Å². The second kappa shape index (κ2) is 9.03. The third-order valence-electron chi connectivity index (χ3n) is 4.81. The van der Waals surface area contributed by atoms with E-state index < -0.39 is 0 Å². The molecule has 0 unspecified atom stereocenters. The zero-order valence-corrected chi connectivity index (χ0v) is 16.6. The van der Waals surface area contributed by atoms with Crippen molar-refractivity contribution in [1.29, 1.82) is 0 Å². The predicted molar refractivity (Wildman–Crippen MR) is 123 cm³/mol. The fourth-order valence-electron chi connectivity index (χ4n) is 3.27. The van der Waals surface area contributed by atoms with Gasteiger partial charge in [0.25, 0.3) is 0 Å². The highest BCUT2D eigenvalue weighted by molar-refractivity contribution is 6.10. The molecule has 0 aliphatic carbocycles. The van der Waals surface area contributed by atoms with Crippen LogP contribution in [0, 0.1) is 6.92 Å². The van der Waals surface area contributed by atoms with Gasteiger partial charge in [0.05, 0.1) is 5.69 Å². The highest BCUT2D eigenvalue weighted by Gasteiger charge is 2.16. The number of anilines is 1. The van der Waals surface area contributed by atoms with Gasteiger partial charge < -0.3 is 4.90 Å². The molecule has 0 saturated carbocycles. The predicted octanol–water partition coefficient (Wildman–Crippen LogP) is 6.78. The van der Waals surface area contributed by atoms with Crippen molar-refractivity contribution < 1.29 is 0 Å². The molecule has 0 N–H and O–H groups in total. The summed E-state index contributed by atoms with van der Waals surface area (Å²) in [4.78, 5) is 7.37. The lowest BCUT2D eigenvalue weighted by Crippen LogP contribution is -2.31. The van der Waals surface area contributed by atoms with E-state index in [4.69, 9.17) is 4.99 Å². The average molecular weight is 377 g/mol. The normalized spacial score (nSPS) is 11.3. The maximum Gasteiger partial charge on any atom is 0.141 e. The largest absolute Gasteiger partial charge is 0.321 e. The molecule has 0 aliphatic rings. The first-order chi connectivity index (χ1) is 14.3. The van der Waals surface area contributed by atoms with E-state index in [2.05, 4.69) is 115 Å². The first-order valence-electron chi connectivity index (χ1n) is 9.87. The molecule has 0 spiro atoms. The molecule has 2 nitrogen and oxygen atoms in total. The summed E-state index contributed by atoms with van der Waals surface area (Å²) in [7, 11) is 0. The minimum atomic E-state index is 0.741. The molecule has 0 aliphatic heterocycles. The Labute approximate surface area is 172 Å². The van der Waals surface area contributed by atoms with Crippen LogP contribution in [0.25, 0.3) is 0 Å². The van der Waals surface area contributed by atoms with Crippen LogP contribution in [-0.4, -0.2) is 5.84 Å². The summed E-state index contributed by atoms with van der Waals surface area (Å²) >= 11 is 0. The van der Waals surface area contributed by atoms with Gasteiger partial charge in [0.2, 0.25) is 0 Å². The number of aliphatic imine (C=N–C) groups is 1. The van der Waals surface area contributed by atoms with Gasteiger partial charge in [-0.15, -0.1) is 0 Å². The number of benzene rings is 4. The van der Waals surface area contributed by atoms with Crippen LogP contribution >= 0.6 is 0 Å². The Hall–Kier alpha value is -3.65. The van der Waals surface area contributed by atoms with Gasteiger partial charge in [0.1, 0.15) is 5.84 Å². The Morgan fingerprint density at radius 1 is 0.655 bits per heavy atom. The van der Waals surface area contributed by atoms with Gasteiger partial charge in [-0.3, -0.25) is 0 Å². The summed E-state index contributed by atoms with van der Waals surface area (Å²) in [5.74, 6) is 0.935. The molecule has 4 aromatic rings. The summed E-state index contributed by atoms with van der Waals surface area (Å²) in [5.41, 5.74) is 5.63. The van der Waals surface area contributed by atoms with E-state index in [-0.39, 0.29) is 0 Å². The molecule has 0 fully saturated rings. The summed E-state index contributed by atoms with van der Waals surface area (Å²) in [5, 5.41) is 0. The third kappa shape index (κ3) is 4.80. The van der Waals surface area contributed by atoms with Gasteiger partial charge in [0, 0.05) is 17.8 Å². The Kier molecular flexibility index (Phi) is 5.82. The van der Waals surface area contributed by atoms with Crippen molar-refractivity contribution in [3.8, 4) is 0 Å². The summed E-state index contributed by atoms with van der Waals surface area (Å²) in [6.07, 6.45) is 0. The number of amidine groups is 1.